The third-order valence-corrected chi connectivity index (χ3v) is 6.43. The molecule has 0 saturated heterocycles. The molecule has 14 heavy (non-hydrogen) atoms. The van der Waals surface area contributed by atoms with Crippen molar-refractivity contribution >= 4 is 57.9 Å². The van der Waals surface area contributed by atoms with E-state index in [1.165, 1.54) is 0 Å². The molecule has 1 N–H and O–H groups in total. The Kier molecular flexibility index (Phi) is 6.92. The SMILES string of the molecule is [B]OCOC(C)(C)B(I)C(C)(C)NI. The van der Waals surface area contributed by atoms with Crippen molar-refractivity contribution in [2.24, 2.45) is 0 Å². The smallest absolute Gasteiger partial charge is 0.285 e. The molecule has 3 nitrogen and oxygen atoms in total. The van der Waals surface area contributed by atoms with E-state index in [0.717, 1.165) is 0 Å². The van der Waals surface area contributed by atoms with Gasteiger partial charge in [0, 0.05) is 28.3 Å². The molecule has 7 heteroatoms. The predicted molar refractivity (Wildman–Crippen MR) is 77.9 cm³/mol. The molecule has 2 radical (unpaired) electrons. The highest BCUT2D eigenvalue weighted by atomic mass is 127. The molecule has 0 rings (SSSR count). The van der Waals surface area contributed by atoms with E-state index in [-0.39, 0.29) is 17.7 Å². The number of hydrogen-bond donors (Lipinski definition) is 1. The fourth-order valence-corrected chi connectivity index (χ4v) is 2.42. The highest BCUT2D eigenvalue weighted by Gasteiger charge is 2.43. The Labute approximate surface area is 115 Å². The summed E-state index contributed by atoms with van der Waals surface area (Å²) < 4.78 is 13.5. The molecule has 0 spiro atoms. The number of nitrogens with one attached hydrogen (secondary N) is 1. The van der Waals surface area contributed by atoms with Crippen LogP contribution in [0.1, 0.15) is 27.7 Å². The molecular formula is C7H15B2I2NO2. The zero-order valence-electron chi connectivity index (χ0n) is 8.93. The second-order valence-corrected chi connectivity index (χ2v) is 6.00. The van der Waals surface area contributed by atoms with Crippen LogP contribution in [0.25, 0.3) is 0 Å². The standard InChI is InChI=1S/C7H15B2I2NO2/c1-6(2,12-11)9(10)7(3,4)13-5-14-8/h12H,5H2,1-4H3. The highest BCUT2D eigenvalue weighted by molar-refractivity contribution is 14.1. The minimum atomic E-state index is -0.290. The number of rotatable bonds is 6. The largest absolute Gasteiger partial charge is 0.427 e. The van der Waals surface area contributed by atoms with Crippen molar-refractivity contribution in [1.82, 2.24) is 3.53 Å². The highest BCUT2D eigenvalue weighted by Crippen LogP contribution is 2.28. The summed E-state index contributed by atoms with van der Waals surface area (Å²) in [6, 6.07) is 0. The van der Waals surface area contributed by atoms with E-state index in [4.69, 9.17) is 12.8 Å². The van der Waals surface area contributed by atoms with E-state index in [2.05, 4.69) is 67.3 Å². The zero-order chi connectivity index (χ0) is 11.4. The molecule has 0 aromatic rings. The van der Waals surface area contributed by atoms with Crippen LogP contribution in [0.4, 0.5) is 0 Å². The van der Waals surface area contributed by atoms with Gasteiger partial charge in [-0.05, 0) is 13.8 Å². The van der Waals surface area contributed by atoms with Crippen LogP contribution in [-0.4, -0.2) is 30.3 Å². The molecule has 0 aliphatic rings. The zero-order valence-corrected chi connectivity index (χ0v) is 13.2. The maximum atomic E-state index is 5.53. The summed E-state index contributed by atoms with van der Waals surface area (Å²) in [4.78, 5) is 0. The Bertz CT molecular complexity index is 181. The third kappa shape index (κ3) is 4.54. The lowest BCUT2D eigenvalue weighted by molar-refractivity contribution is -0.0428. The van der Waals surface area contributed by atoms with Crippen LogP contribution in [0, 0.1) is 0 Å². The van der Waals surface area contributed by atoms with E-state index >= 15 is 0 Å². The number of ether oxygens (including phenoxy) is 1. The molecule has 0 unspecified atom stereocenters. The molecule has 0 bridgehead atoms. The van der Waals surface area contributed by atoms with E-state index in [9.17, 15) is 0 Å². The normalized spacial score (nSPS) is 13.0. The van der Waals surface area contributed by atoms with Crippen LogP contribution in [0.3, 0.4) is 0 Å². The summed E-state index contributed by atoms with van der Waals surface area (Å²) in [5.74, 6) is 0. The first-order valence-corrected chi connectivity index (χ1v) is 6.58. The van der Waals surface area contributed by atoms with Gasteiger partial charge in [-0.25, -0.2) is 0 Å². The predicted octanol–water partition coefficient (Wildman–Crippen LogP) is 2.06. The first-order valence-electron chi connectivity index (χ1n) is 4.25. The Morgan fingerprint density at radius 2 is 1.86 bits per heavy atom. The van der Waals surface area contributed by atoms with E-state index in [1.54, 1.807) is 0 Å². The molecule has 0 aliphatic carbocycles. The molecular weight excluding hydrogens is 406 g/mol. The van der Waals surface area contributed by atoms with E-state index in [0.29, 0.717) is 4.57 Å². The van der Waals surface area contributed by atoms with E-state index < -0.39 is 0 Å². The summed E-state index contributed by atoms with van der Waals surface area (Å²) in [5, 5.41) is 0. The van der Waals surface area contributed by atoms with Gasteiger partial charge in [0.05, 0.1) is 5.50 Å². The van der Waals surface area contributed by atoms with Crippen molar-refractivity contribution in [3.8, 4) is 0 Å². The van der Waals surface area contributed by atoms with Crippen LogP contribution in [0.15, 0.2) is 0 Å². The minimum absolute atomic E-state index is 0.0147. The molecule has 0 saturated carbocycles. The summed E-state index contributed by atoms with van der Waals surface area (Å²) in [6.45, 7) is 8.43. The fraction of sp³-hybridized carbons (Fsp3) is 1.00. The summed E-state index contributed by atoms with van der Waals surface area (Å²) >= 11 is 4.53. The van der Waals surface area contributed by atoms with Crippen LogP contribution < -0.4 is 3.53 Å². The summed E-state index contributed by atoms with van der Waals surface area (Å²) in [6.07, 6.45) is 0. The van der Waals surface area contributed by atoms with Crippen LogP contribution in [-0.2, 0) is 9.39 Å². The molecule has 0 aliphatic heterocycles. The molecule has 0 aromatic heterocycles. The van der Waals surface area contributed by atoms with Crippen molar-refractivity contribution < 1.29 is 9.39 Å². The van der Waals surface area contributed by atoms with Crippen molar-refractivity contribution in [2.45, 2.75) is 38.6 Å². The quantitative estimate of drug-likeness (QED) is 0.309. The van der Waals surface area contributed by atoms with Gasteiger partial charge in [-0.1, -0.05) is 13.8 Å². The Morgan fingerprint density at radius 3 is 2.21 bits per heavy atom. The summed E-state index contributed by atoms with van der Waals surface area (Å²) in [5.41, 5.74) is -0.305. The van der Waals surface area contributed by atoms with Crippen molar-refractivity contribution in [3.63, 3.8) is 0 Å². The molecule has 0 atom stereocenters. The van der Waals surface area contributed by atoms with Crippen LogP contribution in [0.2, 0.25) is 0 Å². The van der Waals surface area contributed by atoms with E-state index in [1.807, 2.05) is 13.8 Å². The third-order valence-electron chi connectivity index (χ3n) is 1.99. The second kappa shape index (κ2) is 6.27. The molecule has 0 heterocycles. The van der Waals surface area contributed by atoms with Gasteiger partial charge in [-0.2, -0.15) is 0 Å². The lowest BCUT2D eigenvalue weighted by Crippen LogP contribution is -2.57. The van der Waals surface area contributed by atoms with Crippen LogP contribution in [0.5, 0.6) is 0 Å². The van der Waals surface area contributed by atoms with Crippen molar-refractivity contribution in [3.05, 3.63) is 0 Å². The maximum absolute atomic E-state index is 5.53. The van der Waals surface area contributed by atoms with Gasteiger partial charge in [0.1, 0.15) is 6.79 Å². The van der Waals surface area contributed by atoms with Crippen molar-refractivity contribution in [2.75, 3.05) is 6.79 Å². The number of hydrogen-bond acceptors (Lipinski definition) is 3. The Balaban J connectivity index is 4.40. The first-order chi connectivity index (χ1) is 6.28. The fourth-order valence-electron chi connectivity index (χ4n) is 1.18. The average molecular weight is 421 g/mol. The van der Waals surface area contributed by atoms with Gasteiger partial charge < -0.3 is 9.39 Å². The van der Waals surface area contributed by atoms with Gasteiger partial charge in [0.25, 0.3) is 12.6 Å². The van der Waals surface area contributed by atoms with Gasteiger partial charge in [-0.15, -0.1) is 22.4 Å². The first kappa shape index (κ1) is 15.5. The Morgan fingerprint density at radius 1 is 1.36 bits per heavy atom. The minimum Gasteiger partial charge on any atom is -0.427 e. The van der Waals surface area contributed by atoms with Crippen molar-refractivity contribution in [1.29, 1.82) is 0 Å². The Hall–Kier alpha value is 1.47. The lowest BCUT2D eigenvalue weighted by atomic mass is 9.50. The number of halogens is 2. The molecule has 0 amide bonds. The molecule has 80 valence electrons. The lowest BCUT2D eigenvalue weighted by Gasteiger charge is -2.37. The monoisotopic (exact) mass is 421 g/mol. The molecule has 0 aromatic carbocycles. The van der Waals surface area contributed by atoms with Gasteiger partial charge >= 0.3 is 0 Å². The summed E-state index contributed by atoms with van der Waals surface area (Å²) in [7, 11) is 4.93. The molecule has 0 fully saturated rings. The van der Waals surface area contributed by atoms with Gasteiger partial charge in [0.2, 0.25) is 0 Å². The topological polar surface area (TPSA) is 30.5 Å². The van der Waals surface area contributed by atoms with Gasteiger partial charge in [0.15, 0.2) is 0 Å². The van der Waals surface area contributed by atoms with Gasteiger partial charge in [-0.3, -0.25) is 3.53 Å². The maximum Gasteiger partial charge on any atom is 0.285 e. The van der Waals surface area contributed by atoms with Crippen LogP contribution >= 0.6 is 45.2 Å². The average Bonchev–Trinajstić information content (AvgIpc) is 2.13. The second-order valence-electron chi connectivity index (χ2n) is 4.21.